The molecule has 0 fully saturated rings. The molecule has 0 aliphatic carbocycles. The summed E-state index contributed by atoms with van der Waals surface area (Å²) in [4.78, 5) is 10.3. The molecule has 0 aliphatic rings. The SMILES string of the molecule is [CH]/C(C)=C/CCC(C)CC(=O)O. The fraction of sp³-hybridized carbons (Fsp3) is 0.600. The Morgan fingerprint density at radius 2 is 2.25 bits per heavy atom. The van der Waals surface area contributed by atoms with Gasteiger partial charge in [-0.3, -0.25) is 4.79 Å². The number of rotatable bonds is 5. The quantitative estimate of drug-likeness (QED) is 0.685. The van der Waals surface area contributed by atoms with Crippen molar-refractivity contribution in [3.8, 4) is 0 Å². The zero-order valence-corrected chi connectivity index (χ0v) is 7.71. The third-order valence-corrected chi connectivity index (χ3v) is 1.65. The molecule has 2 nitrogen and oxygen atoms in total. The third kappa shape index (κ3) is 7.32. The molecule has 0 heterocycles. The van der Waals surface area contributed by atoms with Crippen LogP contribution in [0.1, 0.15) is 33.1 Å². The van der Waals surface area contributed by atoms with Crippen LogP contribution in [0.15, 0.2) is 11.6 Å². The minimum atomic E-state index is -0.726. The molecule has 0 aromatic heterocycles. The Balaban J connectivity index is 3.50. The molecule has 1 N–H and O–H groups in total. The lowest BCUT2D eigenvalue weighted by molar-refractivity contribution is -0.138. The van der Waals surface area contributed by atoms with Crippen molar-refractivity contribution in [2.75, 3.05) is 0 Å². The van der Waals surface area contributed by atoms with Gasteiger partial charge in [0.2, 0.25) is 0 Å². The number of carboxylic acid groups (broad SMARTS) is 1. The van der Waals surface area contributed by atoms with E-state index in [9.17, 15) is 4.79 Å². The minimum Gasteiger partial charge on any atom is -0.481 e. The zero-order chi connectivity index (χ0) is 9.56. The lowest BCUT2D eigenvalue weighted by Crippen LogP contribution is -2.03. The van der Waals surface area contributed by atoms with E-state index in [-0.39, 0.29) is 12.3 Å². The first-order valence-corrected chi connectivity index (χ1v) is 4.16. The maximum atomic E-state index is 10.3. The van der Waals surface area contributed by atoms with E-state index in [1.807, 2.05) is 19.9 Å². The van der Waals surface area contributed by atoms with E-state index in [0.29, 0.717) is 0 Å². The second kappa shape index (κ2) is 5.81. The molecule has 0 aliphatic heterocycles. The Kier molecular flexibility index (Phi) is 5.43. The Morgan fingerprint density at radius 1 is 1.67 bits per heavy atom. The van der Waals surface area contributed by atoms with Crippen molar-refractivity contribution in [3.63, 3.8) is 0 Å². The molecular weight excluding hydrogens is 152 g/mol. The number of aliphatic carboxylic acids is 1. The van der Waals surface area contributed by atoms with Crippen LogP contribution >= 0.6 is 0 Å². The van der Waals surface area contributed by atoms with Crippen LogP contribution in [0.2, 0.25) is 0 Å². The molecular formula is C10H16O2. The molecule has 0 saturated heterocycles. The fourth-order valence-corrected chi connectivity index (χ4v) is 0.996. The van der Waals surface area contributed by atoms with Gasteiger partial charge in [0.05, 0.1) is 0 Å². The molecule has 0 spiro atoms. The first-order chi connectivity index (χ1) is 5.52. The highest BCUT2D eigenvalue weighted by molar-refractivity contribution is 5.66. The molecule has 0 amide bonds. The van der Waals surface area contributed by atoms with Gasteiger partial charge < -0.3 is 5.11 Å². The summed E-state index contributed by atoms with van der Waals surface area (Å²) >= 11 is 0. The van der Waals surface area contributed by atoms with Crippen LogP contribution in [0.4, 0.5) is 0 Å². The molecule has 0 aromatic carbocycles. The first-order valence-electron chi connectivity index (χ1n) is 4.16. The predicted molar refractivity (Wildman–Crippen MR) is 48.7 cm³/mol. The Bertz CT molecular complexity index is 167. The van der Waals surface area contributed by atoms with Gasteiger partial charge in [0.25, 0.3) is 0 Å². The van der Waals surface area contributed by atoms with Gasteiger partial charge in [0, 0.05) is 6.42 Å². The summed E-state index contributed by atoms with van der Waals surface area (Å²) in [6, 6.07) is 0. The highest BCUT2D eigenvalue weighted by Crippen LogP contribution is 2.11. The van der Waals surface area contributed by atoms with E-state index in [1.54, 1.807) is 0 Å². The van der Waals surface area contributed by atoms with Gasteiger partial charge in [-0.2, -0.15) is 0 Å². The molecule has 0 saturated carbocycles. The van der Waals surface area contributed by atoms with Gasteiger partial charge in [0.1, 0.15) is 0 Å². The maximum Gasteiger partial charge on any atom is 0.303 e. The summed E-state index contributed by atoms with van der Waals surface area (Å²) in [6.07, 6.45) is 3.94. The average Bonchev–Trinajstić information content (AvgIpc) is 1.84. The topological polar surface area (TPSA) is 37.3 Å². The van der Waals surface area contributed by atoms with E-state index in [1.165, 1.54) is 0 Å². The summed E-state index contributed by atoms with van der Waals surface area (Å²) in [7, 11) is 0. The number of allylic oxidation sites excluding steroid dienone is 2. The molecule has 68 valence electrons. The van der Waals surface area contributed by atoms with Gasteiger partial charge >= 0.3 is 5.97 Å². The molecule has 2 heteroatoms. The standard InChI is InChI=1S/C10H16O2/c1-8(2)5-4-6-9(3)7-10(11)12/h1,5,9H,4,6-7H2,2-3H3,(H,11,12)/b8-5-. The molecule has 1 unspecified atom stereocenters. The lowest BCUT2D eigenvalue weighted by Gasteiger charge is -2.05. The summed E-state index contributed by atoms with van der Waals surface area (Å²) in [5.74, 6) is -0.492. The number of hydrogen-bond acceptors (Lipinski definition) is 1. The van der Waals surface area contributed by atoms with Gasteiger partial charge in [0.15, 0.2) is 0 Å². The zero-order valence-electron chi connectivity index (χ0n) is 7.71. The van der Waals surface area contributed by atoms with Crippen molar-refractivity contribution >= 4 is 5.97 Å². The summed E-state index contributed by atoms with van der Waals surface area (Å²) < 4.78 is 0. The first kappa shape index (κ1) is 11.2. The van der Waals surface area contributed by atoms with Crippen molar-refractivity contribution in [2.24, 2.45) is 5.92 Å². The predicted octanol–water partition coefficient (Wildman–Crippen LogP) is 2.53. The van der Waals surface area contributed by atoms with E-state index in [4.69, 9.17) is 12.0 Å². The number of hydrogen-bond donors (Lipinski definition) is 1. The van der Waals surface area contributed by atoms with E-state index < -0.39 is 5.97 Å². The van der Waals surface area contributed by atoms with Crippen molar-refractivity contribution in [3.05, 3.63) is 18.6 Å². The summed E-state index contributed by atoms with van der Waals surface area (Å²) in [5.41, 5.74) is 0.803. The maximum absolute atomic E-state index is 10.3. The van der Waals surface area contributed by atoms with Crippen molar-refractivity contribution in [1.82, 2.24) is 0 Å². The highest BCUT2D eigenvalue weighted by Gasteiger charge is 2.05. The number of carboxylic acids is 1. The van der Waals surface area contributed by atoms with Crippen LogP contribution in [0.5, 0.6) is 0 Å². The summed E-state index contributed by atoms with van der Waals surface area (Å²) in [5, 5.41) is 8.45. The normalized spacial score (nSPS) is 14.4. The van der Waals surface area contributed by atoms with Crippen molar-refractivity contribution < 1.29 is 9.90 Å². The smallest absolute Gasteiger partial charge is 0.303 e. The molecule has 2 radical (unpaired) electrons. The van der Waals surface area contributed by atoms with E-state index >= 15 is 0 Å². The molecule has 0 rings (SSSR count). The van der Waals surface area contributed by atoms with Crippen LogP contribution in [-0.2, 0) is 4.79 Å². The van der Waals surface area contributed by atoms with Gasteiger partial charge in [-0.15, -0.1) is 0 Å². The fourth-order valence-electron chi connectivity index (χ4n) is 0.996. The van der Waals surface area contributed by atoms with Crippen LogP contribution < -0.4 is 0 Å². The minimum absolute atomic E-state index is 0.234. The van der Waals surface area contributed by atoms with Gasteiger partial charge in [-0.1, -0.05) is 18.6 Å². The van der Waals surface area contributed by atoms with Gasteiger partial charge in [-0.05, 0) is 32.6 Å². The van der Waals surface area contributed by atoms with Gasteiger partial charge in [-0.25, -0.2) is 0 Å². The molecule has 0 bridgehead atoms. The van der Waals surface area contributed by atoms with Crippen molar-refractivity contribution in [1.29, 1.82) is 0 Å². The highest BCUT2D eigenvalue weighted by atomic mass is 16.4. The second-order valence-electron chi connectivity index (χ2n) is 3.23. The third-order valence-electron chi connectivity index (χ3n) is 1.65. The molecule has 1 atom stereocenters. The van der Waals surface area contributed by atoms with Crippen LogP contribution in [0.25, 0.3) is 0 Å². The van der Waals surface area contributed by atoms with Crippen molar-refractivity contribution in [2.45, 2.75) is 33.1 Å². The molecule has 12 heavy (non-hydrogen) atoms. The van der Waals surface area contributed by atoms with E-state index in [2.05, 4.69) is 0 Å². The van der Waals surface area contributed by atoms with E-state index in [0.717, 1.165) is 18.4 Å². The summed E-state index contributed by atoms with van der Waals surface area (Å²) in [6.45, 7) is 9.20. The molecule has 0 aromatic rings. The number of carbonyl (C=O) groups is 1. The second-order valence-corrected chi connectivity index (χ2v) is 3.23. The Hall–Kier alpha value is -0.790. The van der Waals surface area contributed by atoms with Crippen LogP contribution in [0.3, 0.4) is 0 Å². The lowest BCUT2D eigenvalue weighted by atomic mass is 10.0. The van der Waals surface area contributed by atoms with Crippen LogP contribution in [0, 0.1) is 12.8 Å². The van der Waals surface area contributed by atoms with Crippen LogP contribution in [-0.4, -0.2) is 11.1 Å². The Labute approximate surface area is 74.3 Å². The Morgan fingerprint density at radius 3 is 2.67 bits per heavy atom. The largest absolute Gasteiger partial charge is 0.481 e. The average molecular weight is 168 g/mol. The monoisotopic (exact) mass is 168 g/mol.